The van der Waals surface area contributed by atoms with Gasteiger partial charge in [-0.25, -0.2) is 4.98 Å². The SMILES string of the molecule is COc1nc(Oc2c(C)cc(CN)cc2C)ncc1Br. The molecule has 2 aromatic rings. The number of hydrogen-bond donors (Lipinski definition) is 1. The minimum atomic E-state index is 0.247. The van der Waals surface area contributed by atoms with Crippen LogP contribution < -0.4 is 15.2 Å². The molecule has 6 heteroatoms. The van der Waals surface area contributed by atoms with E-state index in [2.05, 4.69) is 25.9 Å². The molecule has 5 nitrogen and oxygen atoms in total. The van der Waals surface area contributed by atoms with E-state index >= 15 is 0 Å². The average Bonchev–Trinajstić information content (AvgIpc) is 2.44. The van der Waals surface area contributed by atoms with Crippen LogP contribution in [0.3, 0.4) is 0 Å². The number of halogens is 1. The molecule has 0 aliphatic carbocycles. The average molecular weight is 338 g/mol. The highest BCUT2D eigenvalue weighted by molar-refractivity contribution is 9.10. The van der Waals surface area contributed by atoms with Crippen molar-refractivity contribution in [3.8, 4) is 17.6 Å². The normalized spacial score (nSPS) is 10.4. The van der Waals surface area contributed by atoms with E-state index in [-0.39, 0.29) is 6.01 Å². The first-order valence-electron chi connectivity index (χ1n) is 6.09. The van der Waals surface area contributed by atoms with Crippen LogP contribution in [0.4, 0.5) is 0 Å². The maximum atomic E-state index is 5.77. The van der Waals surface area contributed by atoms with Crippen LogP contribution in [0.25, 0.3) is 0 Å². The van der Waals surface area contributed by atoms with Gasteiger partial charge in [-0.1, -0.05) is 12.1 Å². The fraction of sp³-hybridized carbons (Fsp3) is 0.286. The largest absolute Gasteiger partial charge is 0.480 e. The molecule has 0 saturated heterocycles. The van der Waals surface area contributed by atoms with Crippen molar-refractivity contribution in [2.75, 3.05) is 7.11 Å². The van der Waals surface area contributed by atoms with Crippen molar-refractivity contribution in [3.05, 3.63) is 39.5 Å². The number of aromatic nitrogens is 2. The van der Waals surface area contributed by atoms with Crippen molar-refractivity contribution in [3.63, 3.8) is 0 Å². The molecule has 106 valence electrons. The van der Waals surface area contributed by atoms with E-state index < -0.39 is 0 Å². The van der Waals surface area contributed by atoms with Gasteiger partial charge in [0.1, 0.15) is 5.75 Å². The van der Waals surface area contributed by atoms with Crippen molar-refractivity contribution in [1.82, 2.24) is 9.97 Å². The Balaban J connectivity index is 2.35. The van der Waals surface area contributed by atoms with Crippen LogP contribution in [0.2, 0.25) is 0 Å². The Labute approximate surface area is 126 Å². The second-order valence-corrected chi connectivity index (χ2v) is 5.23. The minimum Gasteiger partial charge on any atom is -0.480 e. The monoisotopic (exact) mass is 337 g/mol. The first-order chi connectivity index (χ1) is 9.55. The molecule has 1 heterocycles. The summed E-state index contributed by atoms with van der Waals surface area (Å²) in [5, 5.41) is 0. The first-order valence-corrected chi connectivity index (χ1v) is 6.89. The second-order valence-electron chi connectivity index (χ2n) is 4.37. The summed E-state index contributed by atoms with van der Waals surface area (Å²) in [6.07, 6.45) is 1.60. The molecule has 0 saturated carbocycles. The van der Waals surface area contributed by atoms with E-state index in [9.17, 15) is 0 Å². The number of methoxy groups -OCH3 is 1. The van der Waals surface area contributed by atoms with Gasteiger partial charge in [0.05, 0.1) is 17.8 Å². The zero-order valence-electron chi connectivity index (χ0n) is 11.6. The van der Waals surface area contributed by atoms with Crippen molar-refractivity contribution >= 4 is 15.9 Å². The molecule has 2 rings (SSSR count). The van der Waals surface area contributed by atoms with Crippen LogP contribution >= 0.6 is 15.9 Å². The zero-order chi connectivity index (χ0) is 14.7. The predicted octanol–water partition coefficient (Wildman–Crippen LogP) is 3.12. The highest BCUT2D eigenvalue weighted by Crippen LogP contribution is 2.30. The lowest BCUT2D eigenvalue weighted by Gasteiger charge is -2.12. The Morgan fingerprint density at radius 3 is 2.45 bits per heavy atom. The van der Waals surface area contributed by atoms with E-state index in [0.29, 0.717) is 16.9 Å². The lowest BCUT2D eigenvalue weighted by Crippen LogP contribution is -2.01. The summed E-state index contributed by atoms with van der Waals surface area (Å²) in [7, 11) is 1.55. The number of nitrogens with two attached hydrogens (primary N) is 1. The summed E-state index contributed by atoms with van der Waals surface area (Å²) >= 11 is 3.30. The highest BCUT2D eigenvalue weighted by atomic mass is 79.9. The molecular weight excluding hydrogens is 322 g/mol. The molecule has 0 fully saturated rings. The third kappa shape index (κ3) is 3.08. The van der Waals surface area contributed by atoms with Crippen molar-refractivity contribution < 1.29 is 9.47 Å². The zero-order valence-corrected chi connectivity index (χ0v) is 13.2. The van der Waals surface area contributed by atoms with Crippen LogP contribution in [0, 0.1) is 13.8 Å². The van der Waals surface area contributed by atoms with Gasteiger partial charge >= 0.3 is 6.01 Å². The quantitative estimate of drug-likeness (QED) is 0.928. The number of ether oxygens (including phenoxy) is 2. The van der Waals surface area contributed by atoms with Crippen molar-refractivity contribution in [2.45, 2.75) is 20.4 Å². The van der Waals surface area contributed by atoms with Crippen LogP contribution in [-0.2, 0) is 6.54 Å². The summed E-state index contributed by atoms with van der Waals surface area (Å²) in [5.41, 5.74) is 8.72. The Morgan fingerprint density at radius 1 is 1.25 bits per heavy atom. The van der Waals surface area contributed by atoms with Crippen molar-refractivity contribution in [2.24, 2.45) is 5.73 Å². The Bertz CT molecular complexity index is 609. The lowest BCUT2D eigenvalue weighted by atomic mass is 10.1. The van der Waals surface area contributed by atoms with E-state index in [1.165, 1.54) is 0 Å². The summed E-state index contributed by atoms with van der Waals surface area (Å²) in [4.78, 5) is 8.31. The van der Waals surface area contributed by atoms with E-state index in [1.54, 1.807) is 13.3 Å². The van der Waals surface area contributed by atoms with Crippen LogP contribution in [-0.4, -0.2) is 17.1 Å². The minimum absolute atomic E-state index is 0.247. The van der Waals surface area contributed by atoms with Gasteiger partial charge in [0.15, 0.2) is 0 Å². The fourth-order valence-electron chi connectivity index (χ4n) is 1.94. The second kappa shape index (κ2) is 6.19. The van der Waals surface area contributed by atoms with Gasteiger partial charge in [-0.05, 0) is 46.5 Å². The van der Waals surface area contributed by atoms with Crippen LogP contribution in [0.1, 0.15) is 16.7 Å². The molecule has 0 aliphatic heterocycles. The molecule has 0 aliphatic rings. The molecular formula is C14H16BrN3O2. The topological polar surface area (TPSA) is 70.3 Å². The fourth-order valence-corrected chi connectivity index (χ4v) is 2.29. The summed E-state index contributed by atoms with van der Waals surface area (Å²) in [6, 6.07) is 4.24. The van der Waals surface area contributed by atoms with Crippen LogP contribution in [0.15, 0.2) is 22.8 Å². The third-order valence-electron chi connectivity index (χ3n) is 2.83. The highest BCUT2D eigenvalue weighted by Gasteiger charge is 2.11. The molecule has 0 atom stereocenters. The van der Waals surface area contributed by atoms with Gasteiger partial charge < -0.3 is 15.2 Å². The molecule has 0 amide bonds. The molecule has 1 aromatic carbocycles. The summed E-state index contributed by atoms with van der Waals surface area (Å²) < 4.78 is 11.6. The smallest absolute Gasteiger partial charge is 0.325 e. The Hall–Kier alpha value is -1.66. The van der Waals surface area contributed by atoms with Gasteiger partial charge in [0.2, 0.25) is 5.88 Å². The maximum absolute atomic E-state index is 5.77. The lowest BCUT2D eigenvalue weighted by molar-refractivity contribution is 0.372. The van der Waals surface area contributed by atoms with Crippen molar-refractivity contribution in [1.29, 1.82) is 0 Å². The van der Waals surface area contributed by atoms with Gasteiger partial charge in [0, 0.05) is 6.54 Å². The van der Waals surface area contributed by atoms with E-state index in [1.807, 2.05) is 26.0 Å². The molecule has 20 heavy (non-hydrogen) atoms. The number of benzene rings is 1. The standard InChI is InChI=1S/C14H16BrN3O2/c1-8-4-10(6-16)5-9(2)12(8)20-14-17-7-11(15)13(18-14)19-3/h4-5,7H,6,16H2,1-3H3. The first kappa shape index (κ1) is 14.7. The molecule has 2 N–H and O–H groups in total. The maximum Gasteiger partial charge on any atom is 0.325 e. The van der Waals surface area contributed by atoms with E-state index in [4.69, 9.17) is 15.2 Å². The number of rotatable bonds is 4. The Morgan fingerprint density at radius 2 is 1.90 bits per heavy atom. The third-order valence-corrected chi connectivity index (χ3v) is 3.38. The van der Waals surface area contributed by atoms with Gasteiger partial charge in [-0.3, -0.25) is 0 Å². The van der Waals surface area contributed by atoms with E-state index in [0.717, 1.165) is 22.4 Å². The predicted molar refractivity (Wildman–Crippen MR) is 80.2 cm³/mol. The number of hydrogen-bond acceptors (Lipinski definition) is 5. The van der Waals surface area contributed by atoms with Gasteiger partial charge in [-0.15, -0.1) is 0 Å². The summed E-state index contributed by atoms with van der Waals surface area (Å²) in [5.74, 6) is 1.18. The molecule has 0 unspecified atom stereocenters. The molecule has 0 spiro atoms. The van der Waals surface area contributed by atoms with Gasteiger partial charge in [-0.2, -0.15) is 4.98 Å². The number of aryl methyl sites for hydroxylation is 2. The number of nitrogens with zero attached hydrogens (tertiary/aromatic N) is 2. The summed E-state index contributed by atoms with van der Waals surface area (Å²) in [6.45, 7) is 4.44. The molecule has 0 radical (unpaired) electrons. The van der Waals surface area contributed by atoms with Crippen LogP contribution in [0.5, 0.6) is 17.6 Å². The Kier molecular flexibility index (Phi) is 4.57. The molecule has 0 bridgehead atoms. The molecule has 1 aromatic heterocycles. The van der Waals surface area contributed by atoms with Gasteiger partial charge in [0.25, 0.3) is 0 Å².